The van der Waals surface area contributed by atoms with Gasteiger partial charge in [-0.2, -0.15) is 0 Å². The second-order valence-corrected chi connectivity index (χ2v) is 9.71. The number of fused-ring (bicyclic) bond motifs is 1. The minimum atomic E-state index is -3.16. The lowest BCUT2D eigenvalue weighted by Gasteiger charge is -2.38. The van der Waals surface area contributed by atoms with Crippen LogP contribution in [-0.2, 0) is 21.4 Å². The van der Waals surface area contributed by atoms with Crippen LogP contribution in [0.2, 0.25) is 0 Å². The minimum absolute atomic E-state index is 0.0570. The quantitative estimate of drug-likeness (QED) is 0.730. The lowest BCUT2D eigenvalue weighted by molar-refractivity contribution is -0.138. The number of carbonyl (C=O) groups excluding carboxylic acids is 1. The lowest BCUT2D eigenvalue weighted by atomic mass is 9.96. The maximum absolute atomic E-state index is 12.8. The number of hydrogen-bond donors (Lipinski definition) is 0. The second kappa shape index (κ2) is 7.88. The molecule has 3 heterocycles. The van der Waals surface area contributed by atoms with E-state index in [4.69, 9.17) is 9.47 Å². The van der Waals surface area contributed by atoms with Crippen molar-refractivity contribution in [3.63, 3.8) is 0 Å². The number of hydrogen-bond acceptors (Lipinski definition) is 6. The number of carbonyl (C=O) groups is 1. The van der Waals surface area contributed by atoms with E-state index < -0.39 is 10.0 Å². The van der Waals surface area contributed by atoms with E-state index in [1.165, 1.54) is 16.1 Å². The molecule has 0 spiro atoms. The molecule has 0 unspecified atom stereocenters. The zero-order chi connectivity index (χ0) is 19.7. The molecule has 4 rings (SSSR count). The average Bonchev–Trinajstić information content (AvgIpc) is 3.15. The van der Waals surface area contributed by atoms with Crippen LogP contribution < -0.4 is 9.47 Å². The summed E-state index contributed by atoms with van der Waals surface area (Å²) in [7, 11) is -3.16. The molecule has 1 amide bonds. The van der Waals surface area contributed by atoms with Crippen LogP contribution in [0.4, 0.5) is 0 Å². The van der Waals surface area contributed by atoms with Crippen LogP contribution in [0.25, 0.3) is 0 Å². The zero-order valence-corrected chi connectivity index (χ0v) is 17.0. The van der Waals surface area contributed by atoms with Gasteiger partial charge in [0.15, 0.2) is 11.5 Å². The highest BCUT2D eigenvalue weighted by Crippen LogP contribution is 2.33. The first-order valence-electron chi connectivity index (χ1n) is 9.75. The summed E-state index contributed by atoms with van der Waals surface area (Å²) in [5, 5.41) is 0. The third-order valence-corrected chi connectivity index (χ3v) is 7.10. The number of piperidine rings is 1. The number of nitrogens with zero attached hydrogens (tertiary/aromatic N) is 3. The molecule has 2 saturated heterocycles. The van der Waals surface area contributed by atoms with Gasteiger partial charge in [0, 0.05) is 51.7 Å². The van der Waals surface area contributed by atoms with E-state index in [9.17, 15) is 13.2 Å². The van der Waals surface area contributed by atoms with E-state index in [2.05, 4.69) is 11.0 Å². The van der Waals surface area contributed by atoms with Crippen molar-refractivity contribution in [2.45, 2.75) is 19.4 Å². The highest BCUT2D eigenvalue weighted by atomic mass is 32.2. The van der Waals surface area contributed by atoms with Crippen molar-refractivity contribution in [2.75, 3.05) is 52.3 Å². The summed E-state index contributed by atoms with van der Waals surface area (Å²) in [6, 6.07) is 6.02. The fourth-order valence-electron chi connectivity index (χ4n) is 4.12. The summed E-state index contributed by atoms with van der Waals surface area (Å²) in [5.41, 5.74) is 1.18. The number of ether oxygens (including phenoxy) is 2. The summed E-state index contributed by atoms with van der Waals surface area (Å²) in [6.07, 6.45) is 2.46. The molecule has 0 atom stereocenters. The van der Waals surface area contributed by atoms with Gasteiger partial charge in [-0.3, -0.25) is 9.69 Å². The predicted molar refractivity (Wildman–Crippen MR) is 104 cm³/mol. The number of piperazine rings is 1. The van der Waals surface area contributed by atoms with Crippen LogP contribution >= 0.6 is 0 Å². The van der Waals surface area contributed by atoms with E-state index >= 15 is 0 Å². The normalized spacial score (nSPS) is 21.8. The Bertz CT molecular complexity index is 828. The van der Waals surface area contributed by atoms with E-state index in [1.807, 2.05) is 17.0 Å². The maximum Gasteiger partial charge on any atom is 0.231 e. The molecule has 8 nitrogen and oxygen atoms in total. The Morgan fingerprint density at radius 3 is 2.39 bits per heavy atom. The van der Waals surface area contributed by atoms with Crippen LogP contribution in [0.1, 0.15) is 18.4 Å². The smallest absolute Gasteiger partial charge is 0.231 e. The van der Waals surface area contributed by atoms with Crippen molar-refractivity contribution in [3.05, 3.63) is 23.8 Å². The fourth-order valence-corrected chi connectivity index (χ4v) is 4.99. The number of amides is 1. The van der Waals surface area contributed by atoms with Gasteiger partial charge in [0.2, 0.25) is 22.7 Å². The third kappa shape index (κ3) is 4.26. The third-order valence-electron chi connectivity index (χ3n) is 5.80. The number of rotatable bonds is 4. The Morgan fingerprint density at radius 2 is 1.71 bits per heavy atom. The second-order valence-electron chi connectivity index (χ2n) is 7.73. The molecular formula is C19H27N3O5S. The molecule has 0 N–H and O–H groups in total. The van der Waals surface area contributed by atoms with Crippen LogP contribution in [0.5, 0.6) is 11.5 Å². The highest BCUT2D eigenvalue weighted by Gasteiger charge is 2.32. The van der Waals surface area contributed by atoms with E-state index in [0.717, 1.165) is 44.2 Å². The van der Waals surface area contributed by atoms with Crippen LogP contribution in [-0.4, -0.2) is 80.7 Å². The van der Waals surface area contributed by atoms with Gasteiger partial charge in [-0.25, -0.2) is 12.7 Å². The van der Waals surface area contributed by atoms with Crippen molar-refractivity contribution >= 4 is 15.9 Å². The van der Waals surface area contributed by atoms with Crippen molar-refractivity contribution in [3.8, 4) is 11.5 Å². The summed E-state index contributed by atoms with van der Waals surface area (Å²) < 4.78 is 35.5. The van der Waals surface area contributed by atoms with E-state index in [0.29, 0.717) is 25.9 Å². The Hall–Kier alpha value is -1.84. The van der Waals surface area contributed by atoms with Gasteiger partial charge >= 0.3 is 0 Å². The Kier molecular flexibility index (Phi) is 5.48. The minimum Gasteiger partial charge on any atom is -0.454 e. The SMILES string of the molecule is CS(=O)(=O)N1CCC(C(=O)N2CCN(Cc3ccc4c(c3)OCO4)CC2)CC1. The molecule has 0 saturated carbocycles. The molecule has 0 bridgehead atoms. The Balaban J connectivity index is 1.25. The van der Waals surface area contributed by atoms with Crippen LogP contribution in [0.15, 0.2) is 18.2 Å². The molecule has 0 aliphatic carbocycles. The first kappa shape index (κ1) is 19.5. The van der Waals surface area contributed by atoms with E-state index in [-0.39, 0.29) is 18.6 Å². The van der Waals surface area contributed by atoms with Crippen molar-refractivity contribution < 1.29 is 22.7 Å². The van der Waals surface area contributed by atoms with Crippen LogP contribution in [0, 0.1) is 5.92 Å². The monoisotopic (exact) mass is 409 g/mol. The average molecular weight is 410 g/mol. The van der Waals surface area contributed by atoms with Crippen molar-refractivity contribution in [1.29, 1.82) is 0 Å². The number of benzene rings is 1. The van der Waals surface area contributed by atoms with Gasteiger partial charge in [-0.15, -0.1) is 0 Å². The van der Waals surface area contributed by atoms with Gasteiger partial charge in [0.1, 0.15) is 0 Å². The molecule has 3 aliphatic rings. The summed E-state index contributed by atoms with van der Waals surface area (Å²) in [6.45, 7) is 5.10. The largest absolute Gasteiger partial charge is 0.454 e. The highest BCUT2D eigenvalue weighted by molar-refractivity contribution is 7.88. The summed E-state index contributed by atoms with van der Waals surface area (Å²) in [4.78, 5) is 17.1. The van der Waals surface area contributed by atoms with E-state index in [1.54, 1.807) is 0 Å². The molecule has 2 fully saturated rings. The van der Waals surface area contributed by atoms with Gasteiger partial charge in [-0.1, -0.05) is 6.07 Å². The van der Waals surface area contributed by atoms with Gasteiger partial charge in [-0.05, 0) is 30.5 Å². The lowest BCUT2D eigenvalue weighted by Crippen LogP contribution is -2.51. The van der Waals surface area contributed by atoms with Crippen LogP contribution in [0.3, 0.4) is 0 Å². The predicted octanol–water partition coefficient (Wildman–Crippen LogP) is 0.731. The molecule has 1 aromatic carbocycles. The molecular weight excluding hydrogens is 382 g/mol. The molecule has 154 valence electrons. The van der Waals surface area contributed by atoms with Gasteiger partial charge < -0.3 is 14.4 Å². The fraction of sp³-hybridized carbons (Fsp3) is 0.632. The molecule has 3 aliphatic heterocycles. The zero-order valence-electron chi connectivity index (χ0n) is 16.2. The van der Waals surface area contributed by atoms with Gasteiger partial charge in [0.05, 0.1) is 6.26 Å². The Morgan fingerprint density at radius 1 is 1.04 bits per heavy atom. The summed E-state index contributed by atoms with van der Waals surface area (Å²) >= 11 is 0. The molecule has 1 aromatic rings. The molecule has 9 heteroatoms. The molecule has 28 heavy (non-hydrogen) atoms. The van der Waals surface area contributed by atoms with Crippen molar-refractivity contribution in [2.24, 2.45) is 5.92 Å². The first-order chi connectivity index (χ1) is 13.4. The molecule has 0 aromatic heterocycles. The van der Waals surface area contributed by atoms with Crippen molar-refractivity contribution in [1.82, 2.24) is 14.1 Å². The maximum atomic E-state index is 12.8. The number of sulfonamides is 1. The Labute approximate surface area is 166 Å². The van der Waals surface area contributed by atoms with Gasteiger partial charge in [0.25, 0.3) is 0 Å². The summed E-state index contributed by atoms with van der Waals surface area (Å²) in [5.74, 6) is 1.71. The molecule has 0 radical (unpaired) electrons. The topological polar surface area (TPSA) is 79.4 Å². The first-order valence-corrected chi connectivity index (χ1v) is 11.6. The standard InChI is InChI=1S/C19H27N3O5S/c1-28(24,25)22-6-4-16(5-7-22)19(23)21-10-8-20(9-11-21)13-15-2-3-17-18(12-15)27-14-26-17/h2-3,12,16H,4-11,13-14H2,1H3.